The van der Waals surface area contributed by atoms with E-state index in [1.54, 1.807) is 0 Å². The highest BCUT2D eigenvalue weighted by Crippen LogP contribution is 2.02. The maximum atomic E-state index is 12.2. The van der Waals surface area contributed by atoms with Crippen LogP contribution in [0.3, 0.4) is 0 Å². The van der Waals surface area contributed by atoms with Crippen LogP contribution in [0.4, 0.5) is 4.48 Å². The highest BCUT2D eigenvalue weighted by Gasteiger charge is 2.13. The first-order valence-corrected chi connectivity index (χ1v) is 4.09. The molecule has 1 aromatic rings. The summed E-state index contributed by atoms with van der Waals surface area (Å²) < 4.78 is 41.4. The molecule has 0 unspecified atom stereocenters. The second kappa shape index (κ2) is 2.55. The number of pyridine rings is 1. The van der Waals surface area contributed by atoms with E-state index in [-0.39, 0.29) is 4.79 Å². The summed E-state index contributed by atoms with van der Waals surface area (Å²) in [4.78, 5) is -0.425. The standard InChI is InChI=1S/C5H4FNO3S/c6-7-3-1-2-5(4-7)11(8,9)10/h1-4H/p+1. The minimum atomic E-state index is -4.29. The molecule has 1 aromatic heterocycles. The smallest absolute Gasteiger partial charge is 0.282 e. The zero-order valence-electron chi connectivity index (χ0n) is 5.31. The molecule has 1 rings (SSSR count). The number of hydrogen-bond donors (Lipinski definition) is 1. The molecule has 0 saturated carbocycles. The fraction of sp³-hybridized carbons (Fsp3) is 0. The van der Waals surface area contributed by atoms with E-state index in [9.17, 15) is 12.9 Å². The SMILES string of the molecule is O=S(=O)(O)c1ccc[n+](F)c1. The van der Waals surface area contributed by atoms with Crippen LogP contribution in [0, 0.1) is 0 Å². The van der Waals surface area contributed by atoms with E-state index in [0.29, 0.717) is 6.20 Å². The van der Waals surface area contributed by atoms with Crippen molar-refractivity contribution in [2.75, 3.05) is 0 Å². The van der Waals surface area contributed by atoms with Crippen LogP contribution < -0.4 is 4.79 Å². The van der Waals surface area contributed by atoms with Crippen LogP contribution >= 0.6 is 0 Å². The van der Waals surface area contributed by atoms with Gasteiger partial charge in [-0.05, 0) is 6.07 Å². The second-order valence-corrected chi connectivity index (χ2v) is 3.28. The topological polar surface area (TPSA) is 58.3 Å². The molecular formula is C5H5FNO3S+. The van der Waals surface area contributed by atoms with Crippen LogP contribution in [0.25, 0.3) is 0 Å². The molecule has 0 fully saturated rings. The van der Waals surface area contributed by atoms with E-state index in [4.69, 9.17) is 4.55 Å². The third-order valence-electron chi connectivity index (χ3n) is 1.04. The Balaban J connectivity index is 3.28. The Morgan fingerprint density at radius 3 is 2.55 bits per heavy atom. The molecule has 0 spiro atoms. The molecule has 0 aromatic carbocycles. The molecule has 1 N–H and O–H groups in total. The summed E-state index contributed by atoms with van der Waals surface area (Å²) in [5, 5.41) is 0. The predicted octanol–water partition coefficient (Wildman–Crippen LogP) is -0.0466. The molecule has 4 nitrogen and oxygen atoms in total. The van der Waals surface area contributed by atoms with Crippen molar-refractivity contribution in [2.45, 2.75) is 4.90 Å². The lowest BCUT2D eigenvalue weighted by molar-refractivity contribution is -0.845. The summed E-state index contributed by atoms with van der Waals surface area (Å²) >= 11 is 0. The highest BCUT2D eigenvalue weighted by molar-refractivity contribution is 7.85. The second-order valence-electron chi connectivity index (χ2n) is 1.86. The van der Waals surface area contributed by atoms with Crippen LogP contribution in [-0.2, 0) is 10.1 Å². The van der Waals surface area contributed by atoms with Crippen molar-refractivity contribution in [1.29, 1.82) is 0 Å². The average molecular weight is 178 g/mol. The summed E-state index contributed by atoms with van der Waals surface area (Å²) in [6, 6.07) is 2.26. The van der Waals surface area contributed by atoms with Gasteiger partial charge in [0.05, 0.1) is 4.48 Å². The van der Waals surface area contributed by atoms with Crippen molar-refractivity contribution >= 4 is 10.1 Å². The van der Waals surface area contributed by atoms with Gasteiger partial charge in [0.25, 0.3) is 0 Å². The van der Waals surface area contributed by atoms with E-state index in [1.165, 1.54) is 6.07 Å². The Kier molecular flexibility index (Phi) is 1.88. The van der Waals surface area contributed by atoms with E-state index >= 15 is 0 Å². The maximum absolute atomic E-state index is 12.2. The van der Waals surface area contributed by atoms with Crippen LogP contribution in [0.15, 0.2) is 29.4 Å². The number of aromatic nitrogens is 1. The largest absolute Gasteiger partial charge is 0.300 e. The van der Waals surface area contributed by atoms with Gasteiger partial charge in [-0.1, -0.05) is 0 Å². The minimum absolute atomic E-state index is 0.0447. The third-order valence-corrected chi connectivity index (χ3v) is 1.87. The summed E-state index contributed by atoms with van der Waals surface area (Å²) in [5.74, 6) is 0. The molecular weight excluding hydrogens is 173 g/mol. The first-order chi connectivity index (χ1) is 5.00. The molecule has 60 valence electrons. The molecule has 0 bridgehead atoms. The Bertz CT molecular complexity index is 362. The van der Waals surface area contributed by atoms with E-state index in [2.05, 4.69) is 0 Å². The van der Waals surface area contributed by atoms with Gasteiger partial charge >= 0.3 is 10.1 Å². The molecule has 0 amide bonds. The number of halogens is 1. The summed E-state index contributed by atoms with van der Waals surface area (Å²) in [6.45, 7) is 0. The van der Waals surface area contributed by atoms with Gasteiger partial charge < -0.3 is 0 Å². The van der Waals surface area contributed by atoms with Gasteiger partial charge in [0.1, 0.15) is 0 Å². The monoisotopic (exact) mass is 178 g/mol. The van der Waals surface area contributed by atoms with E-state index in [0.717, 1.165) is 12.3 Å². The lowest BCUT2D eigenvalue weighted by atomic mass is 10.5. The summed E-state index contributed by atoms with van der Waals surface area (Å²) in [7, 11) is -4.29. The quantitative estimate of drug-likeness (QED) is 0.613. The zero-order chi connectivity index (χ0) is 8.48. The zero-order valence-corrected chi connectivity index (χ0v) is 6.12. The highest BCUT2D eigenvalue weighted by atomic mass is 32.2. The molecule has 6 heteroatoms. The Labute approximate surface area is 62.6 Å². The van der Waals surface area contributed by atoms with Gasteiger partial charge in [-0.2, -0.15) is 8.42 Å². The summed E-state index contributed by atoms with van der Waals surface area (Å²) in [5.41, 5.74) is 0. The molecule has 0 aliphatic heterocycles. The third kappa shape index (κ3) is 1.95. The van der Waals surface area contributed by atoms with Gasteiger partial charge in [0.2, 0.25) is 12.4 Å². The lowest BCUT2D eigenvalue weighted by Gasteiger charge is -1.88. The van der Waals surface area contributed by atoms with Gasteiger partial charge in [0.15, 0.2) is 4.90 Å². The molecule has 11 heavy (non-hydrogen) atoms. The number of hydrogen-bond acceptors (Lipinski definition) is 2. The molecule has 0 aliphatic rings. The van der Waals surface area contributed by atoms with Crippen LogP contribution in [-0.4, -0.2) is 13.0 Å². The van der Waals surface area contributed by atoms with Crippen LogP contribution in [0.5, 0.6) is 0 Å². The fourth-order valence-electron chi connectivity index (χ4n) is 0.580. The van der Waals surface area contributed by atoms with Gasteiger partial charge in [-0.15, -0.1) is 0 Å². The summed E-state index contributed by atoms with van der Waals surface area (Å²) in [6.07, 6.45) is 1.67. The van der Waals surface area contributed by atoms with Crippen molar-refractivity contribution in [3.63, 3.8) is 0 Å². The normalized spacial score (nSPS) is 11.5. The number of nitrogens with zero attached hydrogens (tertiary/aromatic N) is 1. The van der Waals surface area contributed by atoms with E-state index in [1.807, 2.05) is 0 Å². The molecule has 0 saturated heterocycles. The Morgan fingerprint density at radius 1 is 1.55 bits per heavy atom. The van der Waals surface area contributed by atoms with Crippen molar-refractivity contribution in [3.8, 4) is 0 Å². The lowest BCUT2D eigenvalue weighted by Crippen LogP contribution is -2.21. The van der Waals surface area contributed by atoms with Gasteiger partial charge in [-0.25, -0.2) is 0 Å². The van der Waals surface area contributed by atoms with Crippen molar-refractivity contribution in [3.05, 3.63) is 24.5 Å². The van der Waals surface area contributed by atoms with E-state index < -0.39 is 15.0 Å². The minimum Gasteiger partial charge on any atom is -0.282 e. The van der Waals surface area contributed by atoms with Crippen molar-refractivity contribution in [2.24, 2.45) is 0 Å². The van der Waals surface area contributed by atoms with Crippen LogP contribution in [0.1, 0.15) is 0 Å². The molecule has 0 aliphatic carbocycles. The Morgan fingerprint density at radius 2 is 2.18 bits per heavy atom. The van der Waals surface area contributed by atoms with Gasteiger partial charge in [0, 0.05) is 10.9 Å². The van der Waals surface area contributed by atoms with Crippen LogP contribution in [0.2, 0.25) is 0 Å². The first kappa shape index (κ1) is 8.09. The molecule has 1 heterocycles. The van der Waals surface area contributed by atoms with Gasteiger partial charge in [-0.3, -0.25) is 4.55 Å². The maximum Gasteiger partial charge on any atom is 0.300 e. The van der Waals surface area contributed by atoms with Crippen molar-refractivity contribution in [1.82, 2.24) is 0 Å². The molecule has 0 atom stereocenters. The fourth-order valence-corrected chi connectivity index (χ4v) is 1.06. The molecule has 0 radical (unpaired) electrons. The average Bonchev–Trinajstić information content (AvgIpc) is 1.86. The Hall–Kier alpha value is -1.01. The predicted molar refractivity (Wildman–Crippen MR) is 33.0 cm³/mol. The van der Waals surface area contributed by atoms with Crippen molar-refractivity contribution < 1.29 is 22.2 Å². The number of rotatable bonds is 1. The first-order valence-electron chi connectivity index (χ1n) is 2.65.